The van der Waals surface area contributed by atoms with E-state index in [1.807, 2.05) is 25.1 Å². The lowest BCUT2D eigenvalue weighted by atomic mass is 10.1. The van der Waals surface area contributed by atoms with Crippen LogP contribution in [-0.4, -0.2) is 32.4 Å². The molecule has 1 aromatic heterocycles. The number of aryl methyl sites for hydroxylation is 1. The Labute approximate surface area is 199 Å². The summed E-state index contributed by atoms with van der Waals surface area (Å²) < 4.78 is 14.4. The van der Waals surface area contributed by atoms with Crippen LogP contribution in [0.25, 0.3) is 11.4 Å². The van der Waals surface area contributed by atoms with Gasteiger partial charge in [-0.15, -0.1) is 10.2 Å². The van der Waals surface area contributed by atoms with Crippen LogP contribution in [0.3, 0.4) is 0 Å². The number of nitrogens with two attached hydrogens (primary N) is 1. The number of thioether (sulfide) groups is 1. The van der Waals surface area contributed by atoms with Gasteiger partial charge in [0.2, 0.25) is 11.1 Å². The number of anilines is 2. The Morgan fingerprint density at radius 1 is 1.00 bits per heavy atom. The fraction of sp³-hybridized carbons (Fsp3) is 0.0833. The SMILES string of the molecule is Cc1cccc(NC(=O)c2ccccc2NC(=O)CSc2nnc(-c3ccc(F)cc3)n2N)c1. The zero-order chi connectivity index (χ0) is 24.1. The molecule has 10 heteroatoms. The van der Waals surface area contributed by atoms with Crippen molar-refractivity contribution in [3.8, 4) is 11.4 Å². The zero-order valence-corrected chi connectivity index (χ0v) is 19.0. The van der Waals surface area contributed by atoms with Crippen LogP contribution in [0, 0.1) is 12.7 Å². The van der Waals surface area contributed by atoms with Crippen molar-refractivity contribution < 1.29 is 14.0 Å². The third kappa shape index (κ3) is 5.41. The number of rotatable bonds is 7. The van der Waals surface area contributed by atoms with Gasteiger partial charge in [-0.25, -0.2) is 9.07 Å². The highest BCUT2D eigenvalue weighted by Gasteiger charge is 2.16. The van der Waals surface area contributed by atoms with Gasteiger partial charge < -0.3 is 16.5 Å². The lowest BCUT2D eigenvalue weighted by Crippen LogP contribution is -2.20. The van der Waals surface area contributed by atoms with E-state index in [1.54, 1.807) is 42.5 Å². The van der Waals surface area contributed by atoms with E-state index in [-0.39, 0.29) is 23.4 Å². The lowest BCUT2D eigenvalue weighted by Gasteiger charge is -2.12. The molecule has 0 aliphatic heterocycles. The van der Waals surface area contributed by atoms with Crippen molar-refractivity contribution >= 4 is 35.0 Å². The Kier molecular flexibility index (Phi) is 6.88. The molecule has 3 aromatic carbocycles. The van der Waals surface area contributed by atoms with Gasteiger partial charge in [0.15, 0.2) is 5.82 Å². The molecule has 4 N–H and O–H groups in total. The molecule has 0 atom stereocenters. The lowest BCUT2D eigenvalue weighted by molar-refractivity contribution is -0.113. The predicted octanol–water partition coefficient (Wildman–Crippen LogP) is 4.09. The molecule has 0 fully saturated rings. The summed E-state index contributed by atoms with van der Waals surface area (Å²) >= 11 is 1.09. The van der Waals surface area contributed by atoms with Gasteiger partial charge in [0.05, 0.1) is 17.0 Å². The van der Waals surface area contributed by atoms with Crippen LogP contribution in [0.1, 0.15) is 15.9 Å². The van der Waals surface area contributed by atoms with Gasteiger partial charge in [-0.2, -0.15) is 0 Å². The molecule has 4 rings (SSSR count). The summed E-state index contributed by atoms with van der Waals surface area (Å²) in [7, 11) is 0. The minimum atomic E-state index is -0.369. The zero-order valence-electron chi connectivity index (χ0n) is 18.2. The van der Waals surface area contributed by atoms with Crippen LogP contribution >= 0.6 is 11.8 Å². The van der Waals surface area contributed by atoms with Crippen molar-refractivity contribution in [3.05, 3.63) is 89.7 Å². The standard InChI is InChI=1S/C24H21FN6O2S/c1-15-5-4-6-18(13-15)27-23(33)19-7-2-3-8-20(19)28-21(32)14-34-24-30-29-22(31(24)26)16-9-11-17(25)12-10-16/h2-13H,14,26H2,1H3,(H,27,33)(H,28,32). The number of aromatic nitrogens is 3. The van der Waals surface area contributed by atoms with Crippen molar-refractivity contribution in [2.45, 2.75) is 12.1 Å². The fourth-order valence-electron chi connectivity index (χ4n) is 3.20. The molecular weight excluding hydrogens is 455 g/mol. The van der Waals surface area contributed by atoms with Gasteiger partial charge in [-0.05, 0) is 61.0 Å². The highest BCUT2D eigenvalue weighted by Crippen LogP contribution is 2.23. The molecule has 0 saturated heterocycles. The first-order chi connectivity index (χ1) is 16.4. The molecule has 4 aromatic rings. The quantitative estimate of drug-likeness (QED) is 0.273. The van der Waals surface area contributed by atoms with Crippen molar-refractivity contribution in [1.29, 1.82) is 0 Å². The molecule has 0 radical (unpaired) electrons. The van der Waals surface area contributed by atoms with Crippen LogP contribution in [0.2, 0.25) is 0 Å². The van der Waals surface area contributed by atoms with Gasteiger partial charge >= 0.3 is 0 Å². The summed E-state index contributed by atoms with van der Waals surface area (Å²) in [5.74, 6) is 5.35. The number of nitrogens with zero attached hydrogens (tertiary/aromatic N) is 3. The van der Waals surface area contributed by atoms with E-state index in [4.69, 9.17) is 5.84 Å². The number of para-hydroxylation sites is 1. The van der Waals surface area contributed by atoms with Crippen LogP contribution in [0.15, 0.2) is 78.0 Å². The normalized spacial score (nSPS) is 10.6. The third-order valence-electron chi connectivity index (χ3n) is 4.82. The Balaban J connectivity index is 1.40. The summed E-state index contributed by atoms with van der Waals surface area (Å²) in [5.41, 5.74) is 3.01. The number of hydrogen-bond acceptors (Lipinski definition) is 6. The highest BCUT2D eigenvalue weighted by atomic mass is 32.2. The van der Waals surface area contributed by atoms with Gasteiger partial charge in [-0.1, -0.05) is 36.0 Å². The van der Waals surface area contributed by atoms with Crippen molar-refractivity contribution in [2.75, 3.05) is 22.2 Å². The topological polar surface area (TPSA) is 115 Å². The first-order valence-electron chi connectivity index (χ1n) is 10.3. The van der Waals surface area contributed by atoms with Crippen molar-refractivity contribution in [1.82, 2.24) is 14.9 Å². The maximum absolute atomic E-state index is 13.2. The van der Waals surface area contributed by atoms with Crippen LogP contribution < -0.4 is 16.5 Å². The molecule has 2 amide bonds. The Bertz CT molecular complexity index is 1340. The van der Waals surface area contributed by atoms with Gasteiger partial charge in [-0.3, -0.25) is 9.59 Å². The molecule has 8 nitrogen and oxygen atoms in total. The second kappa shape index (κ2) is 10.2. The smallest absolute Gasteiger partial charge is 0.257 e. The van der Waals surface area contributed by atoms with E-state index in [9.17, 15) is 14.0 Å². The number of nitrogens with one attached hydrogen (secondary N) is 2. The maximum Gasteiger partial charge on any atom is 0.257 e. The minimum absolute atomic E-state index is 0.00736. The van der Waals surface area contributed by atoms with Crippen molar-refractivity contribution in [2.24, 2.45) is 0 Å². The van der Waals surface area contributed by atoms with E-state index in [0.29, 0.717) is 33.5 Å². The average molecular weight is 477 g/mol. The average Bonchev–Trinajstić information content (AvgIpc) is 3.19. The number of nitrogen functional groups attached to an aromatic ring is 1. The number of carbonyl (C=O) groups excluding carboxylic acids is 2. The van der Waals surface area contributed by atoms with Gasteiger partial charge in [0.1, 0.15) is 5.82 Å². The largest absolute Gasteiger partial charge is 0.335 e. The summed E-state index contributed by atoms with van der Waals surface area (Å²) in [6.07, 6.45) is 0. The summed E-state index contributed by atoms with van der Waals surface area (Å²) in [4.78, 5) is 25.4. The second-order valence-corrected chi connectivity index (χ2v) is 8.33. The summed E-state index contributed by atoms with van der Waals surface area (Å²) in [5, 5.41) is 14.0. The number of benzene rings is 3. The number of amides is 2. The molecule has 0 aliphatic carbocycles. The first kappa shape index (κ1) is 23.0. The molecule has 0 aliphatic rings. The molecular formula is C24H21FN6O2S. The Morgan fingerprint density at radius 3 is 2.53 bits per heavy atom. The van der Waals surface area contributed by atoms with E-state index in [2.05, 4.69) is 20.8 Å². The minimum Gasteiger partial charge on any atom is -0.335 e. The Morgan fingerprint density at radius 2 is 1.76 bits per heavy atom. The van der Waals surface area contributed by atoms with Gasteiger partial charge in [0.25, 0.3) is 5.91 Å². The molecule has 34 heavy (non-hydrogen) atoms. The monoisotopic (exact) mass is 476 g/mol. The molecule has 1 heterocycles. The van der Waals surface area contributed by atoms with E-state index in [0.717, 1.165) is 17.3 Å². The number of hydrogen-bond donors (Lipinski definition) is 3. The highest BCUT2D eigenvalue weighted by molar-refractivity contribution is 7.99. The summed E-state index contributed by atoms with van der Waals surface area (Å²) in [6.45, 7) is 1.94. The molecule has 172 valence electrons. The van der Waals surface area contributed by atoms with Crippen LogP contribution in [-0.2, 0) is 4.79 Å². The third-order valence-corrected chi connectivity index (χ3v) is 5.76. The first-order valence-corrected chi connectivity index (χ1v) is 11.3. The van der Waals surface area contributed by atoms with E-state index < -0.39 is 0 Å². The molecule has 0 unspecified atom stereocenters. The maximum atomic E-state index is 13.2. The van der Waals surface area contributed by atoms with Crippen LogP contribution in [0.5, 0.6) is 0 Å². The number of halogens is 1. The van der Waals surface area contributed by atoms with E-state index >= 15 is 0 Å². The number of carbonyl (C=O) groups is 2. The summed E-state index contributed by atoms with van der Waals surface area (Å²) in [6, 6.07) is 19.9. The second-order valence-electron chi connectivity index (χ2n) is 7.39. The molecule has 0 bridgehead atoms. The predicted molar refractivity (Wildman–Crippen MR) is 130 cm³/mol. The molecule has 0 saturated carbocycles. The van der Waals surface area contributed by atoms with Gasteiger partial charge in [0, 0.05) is 11.3 Å². The van der Waals surface area contributed by atoms with E-state index in [1.165, 1.54) is 16.8 Å². The van der Waals surface area contributed by atoms with Crippen molar-refractivity contribution in [3.63, 3.8) is 0 Å². The molecule has 0 spiro atoms. The van der Waals surface area contributed by atoms with Crippen LogP contribution in [0.4, 0.5) is 15.8 Å². The fourth-order valence-corrected chi connectivity index (χ4v) is 3.86. The Hall–Kier alpha value is -4.18.